The van der Waals surface area contributed by atoms with Gasteiger partial charge in [0, 0.05) is 136 Å². The van der Waals surface area contributed by atoms with Crippen LogP contribution in [0.1, 0.15) is 104 Å². The van der Waals surface area contributed by atoms with Crippen molar-refractivity contribution in [1.82, 2.24) is 69.1 Å². The molecule has 14 rings (SSSR count). The van der Waals surface area contributed by atoms with Crippen LogP contribution < -0.4 is 24.0 Å². The van der Waals surface area contributed by atoms with E-state index in [1.165, 1.54) is 18.4 Å². The number of rotatable bonds is 13. The Kier molecular flexibility index (Phi) is 23.7. The molecule has 2 amide bonds. The number of nitrogens with zero attached hydrogens (tertiary/aromatic N) is 16. The predicted molar refractivity (Wildman–Crippen MR) is 391 cm³/mol. The molecule has 12 heterocycles. The molecule has 105 heavy (non-hydrogen) atoms. The van der Waals surface area contributed by atoms with Crippen molar-refractivity contribution in [3.8, 4) is 29.3 Å². The Hall–Kier alpha value is -7.79. The third kappa shape index (κ3) is 17.6. The summed E-state index contributed by atoms with van der Waals surface area (Å²) in [6.07, 6.45) is 7.90. The Balaban J connectivity index is 0.000000177. The van der Waals surface area contributed by atoms with Crippen molar-refractivity contribution < 1.29 is 70.3 Å². The Bertz CT molecular complexity index is 4500. The molecule has 0 radical (unpaired) electrons. The van der Waals surface area contributed by atoms with Crippen molar-refractivity contribution in [2.75, 3.05) is 136 Å². The number of β-amino-alcohol motifs (C(OH)–C–C–N with tert-alkyl or cyclic N) is 1. The summed E-state index contributed by atoms with van der Waals surface area (Å²) in [5.41, 5.74) is 1.63. The fraction of sp³-hybridized carbons (Fsp3) is 0.577. The number of fused-ring (bicyclic) bond motifs is 4. The van der Waals surface area contributed by atoms with Gasteiger partial charge in [-0.25, -0.2) is 47.7 Å². The van der Waals surface area contributed by atoms with Gasteiger partial charge in [-0.3, -0.25) is 9.11 Å². The van der Waals surface area contributed by atoms with Gasteiger partial charge in [0.2, 0.25) is 16.9 Å². The summed E-state index contributed by atoms with van der Waals surface area (Å²) in [5, 5.41) is 20.1. The molecule has 568 valence electrons. The van der Waals surface area contributed by atoms with Crippen LogP contribution >= 0.6 is 23.2 Å². The SMILES string of the molecule is CO[C@@H]1CN(C)C[C@H]1O.CO[C@@H]1CN(C)C[C@H]1Oc1nc(N2CCN(C(=O)OC(C)(C)C)CC2)c2cc(C)nc(Oc3c(Cl)c(F)cc4c3cnn4C3CCCCO3)c2n1.Cc1cc2c(N3CCN(C(=O)OC(C)(C)C)CC3)nc(S(C)=O)nc2c(Oc2c(Cl)c(F)cc3c2cnn3C2CCCCO2)n1. The van der Waals surface area contributed by atoms with Gasteiger partial charge < -0.3 is 72.2 Å². The first-order valence-corrected chi connectivity index (χ1v) is 37.6. The van der Waals surface area contributed by atoms with E-state index < -0.39 is 33.6 Å². The number of likely N-dealkylation sites (tertiary alicyclic amines) is 2. The Morgan fingerprint density at radius 3 is 1.43 bits per heavy atom. The van der Waals surface area contributed by atoms with Gasteiger partial charge in [0.1, 0.15) is 67.8 Å². The van der Waals surface area contributed by atoms with Crippen LogP contribution in [0.2, 0.25) is 10.0 Å². The number of pyridine rings is 2. The van der Waals surface area contributed by atoms with Crippen LogP contribution in [0.3, 0.4) is 0 Å². The normalized spacial score (nSPS) is 21.7. The molecule has 0 bridgehead atoms. The van der Waals surface area contributed by atoms with Gasteiger partial charge in [0.15, 0.2) is 24.0 Å². The number of piperazine rings is 2. The number of aromatic nitrogens is 10. The van der Waals surface area contributed by atoms with E-state index in [1.807, 2.05) is 79.6 Å². The van der Waals surface area contributed by atoms with Gasteiger partial charge in [0.25, 0.3) is 0 Å². The van der Waals surface area contributed by atoms with Crippen molar-refractivity contribution in [2.45, 2.75) is 147 Å². The van der Waals surface area contributed by atoms with Crippen molar-refractivity contribution in [1.29, 1.82) is 0 Å². The number of carbonyl (C=O) groups excluding carboxylic acids is 2. The third-order valence-corrected chi connectivity index (χ3v) is 20.0. The molecule has 0 saturated carbocycles. The van der Waals surface area contributed by atoms with E-state index in [1.54, 1.807) is 52.7 Å². The lowest BCUT2D eigenvalue weighted by atomic mass is 10.2. The molecule has 0 spiro atoms. The zero-order chi connectivity index (χ0) is 74.9. The number of amides is 2. The minimum atomic E-state index is -1.55. The summed E-state index contributed by atoms with van der Waals surface area (Å²) in [4.78, 5) is 65.4. The second kappa shape index (κ2) is 32.3. The van der Waals surface area contributed by atoms with Crippen LogP contribution in [-0.2, 0) is 39.2 Å². The number of carbonyl (C=O) groups is 2. The average molecular weight is 1520 g/mol. The second-order valence-corrected chi connectivity index (χ2v) is 31.1. The first-order valence-electron chi connectivity index (χ1n) is 35.3. The molecule has 29 nitrogen and oxygen atoms in total. The Morgan fingerprint density at radius 1 is 0.581 bits per heavy atom. The van der Waals surface area contributed by atoms with Gasteiger partial charge in [-0.15, -0.1) is 0 Å². The Labute approximate surface area is 620 Å². The topological polar surface area (TPSA) is 287 Å². The number of anilines is 2. The Morgan fingerprint density at radius 2 is 1.02 bits per heavy atom. The number of ether oxygens (including phenoxy) is 9. The minimum absolute atomic E-state index is 0.0231. The van der Waals surface area contributed by atoms with Crippen LogP contribution in [-0.4, -0.2) is 253 Å². The summed E-state index contributed by atoms with van der Waals surface area (Å²) >= 11 is 13.1. The number of methoxy groups -OCH3 is 2. The summed E-state index contributed by atoms with van der Waals surface area (Å²) in [7, 11) is 5.71. The van der Waals surface area contributed by atoms with Gasteiger partial charge in [0.05, 0.1) is 68.0 Å². The summed E-state index contributed by atoms with van der Waals surface area (Å²) in [6, 6.07) is 6.49. The van der Waals surface area contributed by atoms with Crippen LogP contribution in [0, 0.1) is 25.5 Å². The fourth-order valence-corrected chi connectivity index (χ4v) is 14.3. The molecule has 6 aromatic heterocycles. The van der Waals surface area contributed by atoms with Crippen molar-refractivity contribution >= 4 is 101 Å². The highest BCUT2D eigenvalue weighted by Crippen LogP contribution is 2.45. The molecule has 6 aliphatic heterocycles. The molecule has 7 atom stereocenters. The molecule has 8 aromatic rings. The van der Waals surface area contributed by atoms with Crippen molar-refractivity contribution in [3.63, 3.8) is 0 Å². The maximum Gasteiger partial charge on any atom is 0.410 e. The minimum Gasteiger partial charge on any atom is -0.456 e. The highest BCUT2D eigenvalue weighted by molar-refractivity contribution is 7.84. The van der Waals surface area contributed by atoms with E-state index in [0.29, 0.717) is 145 Å². The standard InChI is InChI=1S/C35H44ClFN8O6.C30H35ClFN7O5S.C6H13NO2/c1-20-15-21-29(32(39-20)50-30-22-17-38-45(27-9-7-8-14-48-27)24(22)16-23(37)28(30)36)40-33(49-26-19-42(5)18-25(26)47-6)41-31(21)43-10-12-44(13-11-43)34(46)51-35(2,3)4;1-17-14-18-24(35-28(45(5)41)36-26(18)37-9-11-38(12-10-37)29(40)44-30(2,3)4)27(34-17)43-25-19-16-33-39(22-8-6-7-13-42-22)21(19)15-20(32)23(25)31;1-7-3-5(8)6(4-7)9-2/h15-17,25-27H,7-14,18-19H2,1-6H3;14-16,22H,6-13H2,1-5H3;5-6,8H,3-4H2,1-2H3/t25-,26-,27?;;5-,6-/m1.1/s1. The van der Waals surface area contributed by atoms with Crippen LogP contribution in [0.25, 0.3) is 43.6 Å². The average Bonchev–Trinajstić information content (AvgIpc) is 1.75. The van der Waals surface area contributed by atoms with Crippen LogP contribution in [0.15, 0.2) is 41.8 Å². The number of hydrogen-bond donors (Lipinski definition) is 1. The van der Waals surface area contributed by atoms with Crippen LogP contribution in [0.5, 0.6) is 29.3 Å². The number of benzene rings is 2. The maximum atomic E-state index is 15.5. The highest BCUT2D eigenvalue weighted by atomic mass is 35.5. The summed E-state index contributed by atoms with van der Waals surface area (Å²) in [6.45, 7) is 22.3. The van der Waals surface area contributed by atoms with E-state index in [9.17, 15) is 18.9 Å². The molecule has 6 fully saturated rings. The zero-order valence-electron chi connectivity index (χ0n) is 61.5. The van der Waals surface area contributed by atoms with E-state index in [4.69, 9.17) is 80.8 Å². The van der Waals surface area contributed by atoms with E-state index in [2.05, 4.69) is 39.8 Å². The molecule has 6 aliphatic rings. The first kappa shape index (κ1) is 76.8. The largest absolute Gasteiger partial charge is 0.456 e. The predicted octanol–water partition coefficient (Wildman–Crippen LogP) is 10.8. The van der Waals surface area contributed by atoms with E-state index in [0.717, 1.165) is 51.6 Å². The molecule has 1 N–H and O–H groups in total. The van der Waals surface area contributed by atoms with Gasteiger partial charge in [-0.05, 0) is 120 Å². The highest BCUT2D eigenvalue weighted by Gasteiger charge is 2.37. The molecule has 6 saturated heterocycles. The number of halogens is 4. The summed E-state index contributed by atoms with van der Waals surface area (Å²) < 4.78 is 99.7. The molecular weight excluding hydrogens is 1430 g/mol. The van der Waals surface area contributed by atoms with Crippen molar-refractivity contribution in [3.05, 3.63) is 69.7 Å². The monoisotopic (exact) mass is 1520 g/mol. The molecular formula is C71H92Cl2F2N16O13S. The zero-order valence-corrected chi connectivity index (χ0v) is 63.8. The van der Waals surface area contributed by atoms with E-state index >= 15 is 8.78 Å². The smallest absolute Gasteiger partial charge is 0.410 e. The quantitative estimate of drug-likeness (QED) is 0.105. The fourth-order valence-electron chi connectivity index (χ4n) is 13.5. The number of aryl methyl sites for hydroxylation is 2. The second-order valence-electron chi connectivity index (χ2n) is 29.1. The first-order chi connectivity index (χ1) is 50.0. The number of likely N-dealkylation sites (N-methyl/N-ethyl adjacent to an activating group) is 2. The number of aliphatic hydroxyl groups is 1. The lowest BCUT2D eigenvalue weighted by molar-refractivity contribution is -0.0368. The van der Waals surface area contributed by atoms with Gasteiger partial charge in [-0.1, -0.05) is 23.2 Å². The van der Waals surface area contributed by atoms with Gasteiger partial charge >= 0.3 is 18.2 Å². The molecule has 3 unspecified atom stereocenters. The maximum absolute atomic E-state index is 15.5. The van der Waals surface area contributed by atoms with Crippen LogP contribution in [0.4, 0.5) is 30.0 Å². The molecule has 34 heteroatoms. The van der Waals surface area contributed by atoms with Gasteiger partial charge in [-0.2, -0.15) is 20.2 Å². The third-order valence-electron chi connectivity index (χ3n) is 18.6. The number of aliphatic hydroxyl groups excluding tert-OH is 1. The lowest BCUT2D eigenvalue weighted by Crippen LogP contribution is -2.50. The summed E-state index contributed by atoms with van der Waals surface area (Å²) in [5.74, 6) is 0.0527. The number of hydrogen-bond acceptors (Lipinski definition) is 25. The van der Waals surface area contributed by atoms with E-state index in [-0.39, 0.29) is 93.5 Å². The molecule has 0 aliphatic carbocycles. The molecule has 2 aromatic carbocycles. The van der Waals surface area contributed by atoms with Crippen molar-refractivity contribution in [2.24, 2.45) is 0 Å². The lowest BCUT2D eigenvalue weighted by Gasteiger charge is -2.36.